The molecule has 1 amide bonds. The lowest BCUT2D eigenvalue weighted by Crippen LogP contribution is -2.48. The summed E-state index contributed by atoms with van der Waals surface area (Å²) in [5.74, 6) is -0.207. The Kier molecular flexibility index (Phi) is 6.83. The highest BCUT2D eigenvalue weighted by atomic mass is 16.5. The molecule has 1 fully saturated rings. The summed E-state index contributed by atoms with van der Waals surface area (Å²) in [6.07, 6.45) is 1.76. The molecule has 0 aliphatic carbocycles. The third kappa shape index (κ3) is 4.85. The number of hydrogen-bond acceptors (Lipinski definition) is 8. The molecule has 1 N–H and O–H groups in total. The van der Waals surface area contributed by atoms with Gasteiger partial charge in [0.1, 0.15) is 17.1 Å². The number of nitrogens with one attached hydrogen (secondary N) is 1. The molecule has 0 bridgehead atoms. The quantitative estimate of drug-likeness (QED) is 0.543. The van der Waals surface area contributed by atoms with Crippen molar-refractivity contribution in [3.8, 4) is 0 Å². The van der Waals surface area contributed by atoms with Gasteiger partial charge in [-0.15, -0.1) is 0 Å². The normalized spacial score (nSPS) is 14.4. The molecule has 3 heterocycles. The number of anilines is 2. The Balaban J connectivity index is 1.63. The number of aromatic nitrogens is 1. The standard InChI is InChI=1S/C21H26N4O5/c1-4-29-21(28)19-18(14(2)26)15(3)30-20(19)23-17(27)13-24-9-11-25(12-10-24)16-7-5-6-8-22-16/h5-8H,4,9-13H2,1-3H3,(H,23,27). The van der Waals surface area contributed by atoms with Crippen molar-refractivity contribution in [3.05, 3.63) is 41.3 Å². The van der Waals surface area contributed by atoms with E-state index in [2.05, 4.69) is 15.2 Å². The molecule has 0 spiro atoms. The molecule has 1 aliphatic rings. The second-order valence-corrected chi connectivity index (χ2v) is 7.01. The maximum atomic E-state index is 12.6. The Labute approximate surface area is 175 Å². The first kappa shape index (κ1) is 21.5. The number of ketones is 1. The molecule has 9 heteroatoms. The Morgan fingerprint density at radius 1 is 1.17 bits per heavy atom. The Morgan fingerprint density at radius 2 is 1.90 bits per heavy atom. The van der Waals surface area contributed by atoms with Gasteiger partial charge in [0, 0.05) is 32.4 Å². The molecule has 3 rings (SSSR count). The molecule has 2 aromatic rings. The molecule has 2 aromatic heterocycles. The van der Waals surface area contributed by atoms with Crippen molar-refractivity contribution in [2.24, 2.45) is 0 Å². The fourth-order valence-corrected chi connectivity index (χ4v) is 3.50. The number of hydrogen-bond donors (Lipinski definition) is 1. The van der Waals surface area contributed by atoms with Gasteiger partial charge in [-0.25, -0.2) is 9.78 Å². The molecule has 0 radical (unpaired) electrons. The molecule has 1 aliphatic heterocycles. The molecule has 0 atom stereocenters. The van der Waals surface area contributed by atoms with Crippen molar-refractivity contribution >= 4 is 29.4 Å². The molecule has 160 valence electrons. The molecule has 0 unspecified atom stereocenters. The summed E-state index contributed by atoms with van der Waals surface area (Å²) in [5, 5.41) is 2.63. The summed E-state index contributed by atoms with van der Waals surface area (Å²) in [7, 11) is 0. The van der Waals surface area contributed by atoms with E-state index in [0.29, 0.717) is 13.1 Å². The maximum Gasteiger partial charge on any atom is 0.344 e. The van der Waals surface area contributed by atoms with E-state index in [1.54, 1.807) is 20.0 Å². The van der Waals surface area contributed by atoms with Gasteiger partial charge in [0.25, 0.3) is 0 Å². The minimum atomic E-state index is -0.696. The van der Waals surface area contributed by atoms with Gasteiger partial charge in [0.2, 0.25) is 11.8 Å². The van der Waals surface area contributed by atoms with E-state index in [-0.39, 0.29) is 47.6 Å². The van der Waals surface area contributed by atoms with Crippen molar-refractivity contribution in [1.29, 1.82) is 0 Å². The monoisotopic (exact) mass is 414 g/mol. The van der Waals surface area contributed by atoms with Crippen LogP contribution >= 0.6 is 0 Å². The van der Waals surface area contributed by atoms with Crippen LogP contribution in [0.15, 0.2) is 28.8 Å². The maximum absolute atomic E-state index is 12.6. The minimum Gasteiger partial charge on any atom is -0.462 e. The lowest BCUT2D eigenvalue weighted by atomic mass is 10.1. The van der Waals surface area contributed by atoms with Gasteiger partial charge in [0.05, 0.1) is 18.7 Å². The number of esters is 1. The highest BCUT2D eigenvalue weighted by Gasteiger charge is 2.29. The predicted molar refractivity (Wildman–Crippen MR) is 111 cm³/mol. The van der Waals surface area contributed by atoms with Gasteiger partial charge in [-0.05, 0) is 32.9 Å². The van der Waals surface area contributed by atoms with Crippen LogP contribution in [0.25, 0.3) is 0 Å². The van der Waals surface area contributed by atoms with E-state index in [0.717, 1.165) is 18.9 Å². The Bertz CT molecular complexity index is 917. The number of furan rings is 1. The molecule has 0 saturated carbocycles. The van der Waals surface area contributed by atoms with Gasteiger partial charge in [-0.2, -0.15) is 0 Å². The third-order valence-electron chi connectivity index (χ3n) is 4.88. The molecule has 9 nitrogen and oxygen atoms in total. The van der Waals surface area contributed by atoms with Gasteiger partial charge >= 0.3 is 5.97 Å². The Hall–Kier alpha value is -3.20. The van der Waals surface area contributed by atoms with Crippen LogP contribution in [0.4, 0.5) is 11.7 Å². The summed E-state index contributed by atoms with van der Waals surface area (Å²) in [6, 6.07) is 5.79. The largest absolute Gasteiger partial charge is 0.462 e. The zero-order valence-corrected chi connectivity index (χ0v) is 17.4. The lowest BCUT2D eigenvalue weighted by Gasteiger charge is -2.34. The number of Topliss-reactive ketones (excluding diaryl/α,β-unsaturated/α-hetero) is 1. The average molecular weight is 414 g/mol. The van der Waals surface area contributed by atoms with Gasteiger partial charge in [-0.3, -0.25) is 19.8 Å². The van der Waals surface area contributed by atoms with Gasteiger partial charge in [-0.1, -0.05) is 6.07 Å². The highest BCUT2D eigenvalue weighted by Crippen LogP contribution is 2.28. The number of pyridine rings is 1. The van der Waals surface area contributed by atoms with E-state index in [9.17, 15) is 14.4 Å². The van der Waals surface area contributed by atoms with E-state index in [1.807, 2.05) is 23.1 Å². The molecular weight excluding hydrogens is 388 g/mol. The SMILES string of the molecule is CCOC(=O)c1c(NC(=O)CN2CCN(c3ccccn3)CC2)oc(C)c1C(C)=O. The highest BCUT2D eigenvalue weighted by molar-refractivity contribution is 6.10. The second kappa shape index (κ2) is 9.53. The van der Waals surface area contributed by atoms with Crippen LogP contribution in [0.2, 0.25) is 0 Å². The number of nitrogens with zero attached hydrogens (tertiary/aromatic N) is 3. The first-order valence-electron chi connectivity index (χ1n) is 9.90. The van der Waals surface area contributed by atoms with Crippen LogP contribution in [0.5, 0.6) is 0 Å². The number of rotatable bonds is 7. The average Bonchev–Trinajstić information content (AvgIpc) is 3.05. The first-order chi connectivity index (χ1) is 14.4. The summed E-state index contributed by atoms with van der Waals surface area (Å²) in [6.45, 7) is 7.79. The zero-order chi connectivity index (χ0) is 21.7. The number of carbonyl (C=O) groups excluding carboxylic acids is 3. The van der Waals surface area contributed by atoms with Crippen molar-refractivity contribution in [2.75, 3.05) is 49.5 Å². The predicted octanol–water partition coefficient (Wildman–Crippen LogP) is 2.12. The molecule has 1 saturated heterocycles. The van der Waals surface area contributed by atoms with Gasteiger partial charge in [0.15, 0.2) is 5.78 Å². The second-order valence-electron chi connectivity index (χ2n) is 7.01. The lowest BCUT2D eigenvalue weighted by molar-refractivity contribution is -0.117. The third-order valence-corrected chi connectivity index (χ3v) is 4.88. The minimum absolute atomic E-state index is 0.0322. The smallest absolute Gasteiger partial charge is 0.344 e. The number of ether oxygens (including phenoxy) is 1. The van der Waals surface area contributed by atoms with Crippen molar-refractivity contribution in [2.45, 2.75) is 20.8 Å². The van der Waals surface area contributed by atoms with E-state index in [1.165, 1.54) is 6.92 Å². The Morgan fingerprint density at radius 3 is 2.50 bits per heavy atom. The fourth-order valence-electron chi connectivity index (χ4n) is 3.50. The van der Waals surface area contributed by atoms with E-state index >= 15 is 0 Å². The zero-order valence-electron chi connectivity index (χ0n) is 17.4. The molecular formula is C21H26N4O5. The first-order valence-corrected chi connectivity index (χ1v) is 9.90. The van der Waals surface area contributed by atoms with Crippen LogP contribution in [0, 0.1) is 6.92 Å². The van der Waals surface area contributed by atoms with E-state index in [4.69, 9.17) is 9.15 Å². The number of aryl methyl sites for hydroxylation is 1. The van der Waals surface area contributed by atoms with Gasteiger partial charge < -0.3 is 14.1 Å². The van der Waals surface area contributed by atoms with E-state index < -0.39 is 5.97 Å². The number of piperazine rings is 1. The van der Waals surface area contributed by atoms with Crippen molar-refractivity contribution in [3.63, 3.8) is 0 Å². The molecule has 30 heavy (non-hydrogen) atoms. The van der Waals surface area contributed by atoms with Crippen molar-refractivity contribution < 1.29 is 23.5 Å². The van der Waals surface area contributed by atoms with Crippen LogP contribution in [0.3, 0.4) is 0 Å². The van der Waals surface area contributed by atoms with Crippen LogP contribution in [-0.4, -0.2) is 66.9 Å². The summed E-state index contributed by atoms with van der Waals surface area (Å²) in [5.41, 5.74) is 0.0999. The fraction of sp³-hybridized carbons (Fsp3) is 0.429. The summed E-state index contributed by atoms with van der Waals surface area (Å²) >= 11 is 0. The molecule has 0 aromatic carbocycles. The summed E-state index contributed by atoms with van der Waals surface area (Å²) < 4.78 is 10.6. The number of carbonyl (C=O) groups is 3. The van der Waals surface area contributed by atoms with Crippen LogP contribution in [-0.2, 0) is 9.53 Å². The topological polar surface area (TPSA) is 105 Å². The summed E-state index contributed by atoms with van der Waals surface area (Å²) in [4.78, 5) is 45.4. The van der Waals surface area contributed by atoms with Crippen LogP contribution < -0.4 is 10.2 Å². The number of amides is 1. The van der Waals surface area contributed by atoms with Crippen LogP contribution in [0.1, 0.15) is 40.3 Å². The van der Waals surface area contributed by atoms with Crippen molar-refractivity contribution in [1.82, 2.24) is 9.88 Å².